The number of hydrogen-bond donors (Lipinski definition) is 0. The fourth-order valence-corrected chi connectivity index (χ4v) is 2.31. The summed E-state index contributed by atoms with van der Waals surface area (Å²) >= 11 is 0. The molecule has 1 aromatic carbocycles. The lowest BCUT2D eigenvalue weighted by Gasteiger charge is -2.53. The molecule has 0 aliphatic heterocycles. The fourth-order valence-electron chi connectivity index (χ4n) is 2.31. The molecule has 0 heteroatoms. The van der Waals surface area contributed by atoms with Crippen molar-refractivity contribution in [2.75, 3.05) is 0 Å². The average Bonchev–Trinajstić information content (AvgIpc) is 2.56. The number of fused-ring (bicyclic) bond motifs is 2. The molecule has 0 heterocycles. The molecule has 3 aliphatic carbocycles. The van der Waals surface area contributed by atoms with Crippen molar-refractivity contribution in [1.82, 2.24) is 0 Å². The quantitative estimate of drug-likeness (QED) is 0.609. The molecule has 0 atom stereocenters. The molecule has 0 aromatic heterocycles. The van der Waals surface area contributed by atoms with Gasteiger partial charge in [-0.2, -0.15) is 0 Å². The normalized spacial score (nSPS) is 60.9. The molecule has 4 rings (SSSR count). The first-order chi connectivity index (χ1) is 15.1. The minimum Gasteiger partial charge on any atom is -0.0617 e. The van der Waals surface area contributed by atoms with Crippen LogP contribution in [0.15, 0.2) is 18.1 Å². The highest BCUT2D eigenvalue weighted by atomic mass is 14.5. The molecular formula is C18H26. The predicted molar refractivity (Wildman–Crippen MR) is 78.3 cm³/mol. The zero-order valence-electron chi connectivity index (χ0n) is 27.5. The molecule has 98 valence electrons. The summed E-state index contributed by atoms with van der Waals surface area (Å²) in [6, 6.07) is -2.81. The van der Waals surface area contributed by atoms with Gasteiger partial charge in [-0.1, -0.05) is 52.6 Å². The Morgan fingerprint density at radius 2 is 1.72 bits per heavy atom. The lowest BCUT2D eigenvalue weighted by atomic mass is 9.51. The minimum atomic E-state index is -3.90. The first kappa shape index (κ1) is 3.45. The zero-order chi connectivity index (χ0) is 28.0. The van der Waals surface area contributed by atoms with E-state index in [4.69, 9.17) is 23.3 Å². The maximum absolute atomic E-state index is 8.79. The second-order valence-corrected chi connectivity index (χ2v) is 5.75. The summed E-state index contributed by atoms with van der Waals surface area (Å²) in [5.74, 6) is 0. The van der Waals surface area contributed by atoms with E-state index in [1.807, 2.05) is 0 Å². The van der Waals surface area contributed by atoms with E-state index in [0.717, 1.165) is 0 Å². The van der Waals surface area contributed by atoms with Crippen LogP contribution < -0.4 is 0 Å². The summed E-state index contributed by atoms with van der Waals surface area (Å²) in [7, 11) is 0. The van der Waals surface area contributed by atoms with Crippen molar-refractivity contribution in [2.45, 2.75) is 76.2 Å². The van der Waals surface area contributed by atoms with Gasteiger partial charge in [-0.05, 0) is 58.4 Å². The van der Waals surface area contributed by atoms with Crippen molar-refractivity contribution in [1.29, 1.82) is 0 Å². The van der Waals surface area contributed by atoms with Gasteiger partial charge in [0.05, 0.1) is 4.11 Å². The monoisotopic (exact) mass is 259 g/mol. The Hall–Kier alpha value is -0.780. The Morgan fingerprint density at radius 3 is 2.28 bits per heavy atom. The van der Waals surface area contributed by atoms with E-state index in [9.17, 15) is 0 Å². The molecule has 2 bridgehead atoms. The van der Waals surface area contributed by atoms with Gasteiger partial charge >= 0.3 is 0 Å². The molecular weight excluding hydrogens is 216 g/mol. The third-order valence-corrected chi connectivity index (χ3v) is 3.25. The van der Waals surface area contributed by atoms with Crippen molar-refractivity contribution < 1.29 is 23.3 Å². The topological polar surface area (TPSA) is 0 Å². The van der Waals surface area contributed by atoms with Crippen molar-refractivity contribution in [3.8, 4) is 0 Å². The van der Waals surface area contributed by atoms with Crippen molar-refractivity contribution in [3.05, 3.63) is 34.8 Å². The van der Waals surface area contributed by atoms with Crippen LogP contribution in [-0.4, -0.2) is 0 Å². The van der Waals surface area contributed by atoms with Crippen LogP contribution in [0.5, 0.6) is 0 Å². The van der Waals surface area contributed by atoms with Gasteiger partial charge in [0.25, 0.3) is 0 Å². The smallest absolute Gasteiger partial charge is 0.0617 e. The van der Waals surface area contributed by atoms with E-state index in [0.29, 0.717) is 0 Å². The number of benzene rings is 1. The fraction of sp³-hybridized carbons (Fsp3) is 0.667. The van der Waals surface area contributed by atoms with E-state index >= 15 is 0 Å². The Balaban J connectivity index is 3.03. The van der Waals surface area contributed by atoms with E-state index in [-0.39, 0.29) is 0 Å². The SMILES string of the molecule is [2H]c1c([2H])c(C(C)(C)C)c2c(c1[2H])C1(C([2H])([2H])[2H])C([2H])([2H])C([2H])([2H])C2(C([2H])([2H])[2H])C([2H])([2H])C1([2H])[2H]. The first-order valence-electron chi connectivity index (χ1n) is 14.2. The first-order valence-corrected chi connectivity index (χ1v) is 5.75. The third kappa shape index (κ3) is 1.51. The molecule has 0 N–H and O–H groups in total. The molecule has 1 saturated carbocycles. The maximum atomic E-state index is 8.79. The number of rotatable bonds is 0. The molecule has 0 radical (unpaired) electrons. The van der Waals surface area contributed by atoms with Crippen LogP contribution in [0, 0.1) is 0 Å². The molecule has 0 nitrogen and oxygen atoms in total. The van der Waals surface area contributed by atoms with Crippen molar-refractivity contribution in [2.24, 2.45) is 0 Å². The van der Waals surface area contributed by atoms with Crippen LogP contribution >= 0.6 is 0 Å². The zero-order valence-corrected chi connectivity index (χ0v) is 10.5. The van der Waals surface area contributed by atoms with Crippen LogP contribution in [0.1, 0.15) is 100.0 Å². The maximum Gasteiger partial charge on any atom is 0.0626 e. The van der Waals surface area contributed by atoms with Gasteiger partial charge in [0.15, 0.2) is 0 Å². The molecule has 1 aromatic rings. The minimum absolute atomic E-state index is 0.433. The second kappa shape index (κ2) is 3.40. The Labute approximate surface area is 136 Å². The van der Waals surface area contributed by atoms with E-state index in [1.165, 1.54) is 20.8 Å². The molecule has 0 spiro atoms. The molecule has 0 amide bonds. The highest BCUT2D eigenvalue weighted by Gasteiger charge is 2.49. The highest BCUT2D eigenvalue weighted by Crippen LogP contribution is 2.58. The van der Waals surface area contributed by atoms with E-state index in [2.05, 4.69) is 0 Å². The van der Waals surface area contributed by atoms with Gasteiger partial charge in [0.1, 0.15) is 0 Å². The molecule has 0 saturated heterocycles. The van der Waals surface area contributed by atoms with E-state index in [1.54, 1.807) is 0 Å². The van der Waals surface area contributed by atoms with Crippen LogP contribution in [-0.2, 0) is 16.2 Å². The number of hydrogen-bond acceptors (Lipinski definition) is 0. The van der Waals surface area contributed by atoms with Gasteiger partial charge in [-0.15, -0.1) is 0 Å². The lowest BCUT2D eigenvalue weighted by molar-refractivity contribution is 0.184. The second-order valence-electron chi connectivity index (χ2n) is 5.75. The summed E-state index contributed by atoms with van der Waals surface area (Å²) in [5.41, 5.74) is -11.2. The Bertz CT molecular complexity index is 1070. The molecule has 0 unspecified atom stereocenters. The van der Waals surface area contributed by atoms with Crippen LogP contribution in [0.3, 0.4) is 0 Å². The lowest BCUT2D eigenvalue weighted by Crippen LogP contribution is -2.45. The van der Waals surface area contributed by atoms with E-state index < -0.39 is 90.3 Å². The molecule has 1 fully saturated rings. The summed E-state index contributed by atoms with van der Waals surface area (Å²) in [6.45, 7) is -3.35. The summed E-state index contributed by atoms with van der Waals surface area (Å²) in [6.07, 6.45) is -15.5. The van der Waals surface area contributed by atoms with Gasteiger partial charge in [-0.3, -0.25) is 0 Å². The summed E-state index contributed by atoms with van der Waals surface area (Å²) in [4.78, 5) is 0. The summed E-state index contributed by atoms with van der Waals surface area (Å²) < 4.78 is 145. The van der Waals surface area contributed by atoms with Gasteiger partial charge in [0.2, 0.25) is 0 Å². The van der Waals surface area contributed by atoms with Gasteiger partial charge < -0.3 is 0 Å². The average molecular weight is 260 g/mol. The largest absolute Gasteiger partial charge is 0.0626 e. The summed E-state index contributed by atoms with van der Waals surface area (Å²) in [5, 5.41) is 0. The van der Waals surface area contributed by atoms with Crippen molar-refractivity contribution >= 4 is 0 Å². The Kier molecular flexibility index (Phi) is 0.653. The standard InChI is InChI=1S/C18H26/c1-16(2,3)13-7-6-8-14-15(13)18(5)11-9-17(14,4)10-12-18/h6-8H,9-12H2,1-5H3/i4D3,5D3,6D,7D,8D,9D2,10D2,11D2,12D2. The van der Waals surface area contributed by atoms with Gasteiger partial charge in [-0.25, -0.2) is 0 Å². The van der Waals surface area contributed by atoms with Crippen molar-refractivity contribution in [3.63, 3.8) is 0 Å². The Morgan fingerprint density at radius 1 is 1.11 bits per heavy atom. The highest BCUT2D eigenvalue weighted by molar-refractivity contribution is 5.51. The van der Waals surface area contributed by atoms with Crippen LogP contribution in [0.2, 0.25) is 0 Å². The third-order valence-electron chi connectivity index (χ3n) is 3.25. The molecule has 18 heavy (non-hydrogen) atoms. The van der Waals surface area contributed by atoms with Crippen LogP contribution in [0.25, 0.3) is 0 Å². The van der Waals surface area contributed by atoms with Gasteiger partial charge in [0, 0.05) is 19.2 Å². The predicted octanol–water partition coefficient (Wildman–Crippen LogP) is 5.09. The molecule has 3 aliphatic rings. The van der Waals surface area contributed by atoms with Crippen LogP contribution in [0.4, 0.5) is 0 Å².